The highest BCUT2D eigenvalue weighted by molar-refractivity contribution is 8.45. The minimum absolute atomic E-state index is 0.106. The van der Waals surface area contributed by atoms with Crippen LogP contribution in [0.2, 0.25) is 0 Å². The van der Waals surface area contributed by atoms with Gasteiger partial charge in [-0.3, -0.25) is 14.7 Å². The van der Waals surface area contributed by atoms with E-state index in [1.54, 1.807) is 30.3 Å². The number of benzene rings is 9. The van der Waals surface area contributed by atoms with E-state index in [0.29, 0.717) is 82.1 Å². The number of fused-ring (bicyclic) bond motifs is 4. The van der Waals surface area contributed by atoms with Crippen molar-refractivity contribution >= 4 is 86.4 Å². The monoisotopic (exact) mass is 2030 g/mol. The van der Waals surface area contributed by atoms with Gasteiger partial charge in [-0.25, -0.2) is 8.42 Å². The number of anilines is 4. The lowest BCUT2D eigenvalue weighted by Gasteiger charge is -2.40. The number of rotatable bonds is 25. The number of aromatic nitrogens is 4. The molecule has 8 aliphatic rings. The normalized spacial score (nSPS) is 19.0. The molecule has 30 heteroatoms. The Labute approximate surface area is 852 Å². The van der Waals surface area contributed by atoms with Gasteiger partial charge in [-0.05, 0) is 288 Å². The molecule has 20 nitrogen and oxygen atoms in total. The van der Waals surface area contributed by atoms with Crippen molar-refractivity contribution in [3.8, 4) is 45.0 Å². The summed E-state index contributed by atoms with van der Waals surface area (Å²) in [5, 5.41) is 22.5. The van der Waals surface area contributed by atoms with Crippen LogP contribution >= 0.6 is 10.2 Å². The Morgan fingerprint density at radius 2 is 0.766 bits per heavy atom. The van der Waals surface area contributed by atoms with Crippen LogP contribution in [0.15, 0.2) is 240 Å². The third kappa shape index (κ3) is 29.4. The molecule has 8 saturated heterocycles. The van der Waals surface area contributed by atoms with E-state index >= 15 is 0 Å². The summed E-state index contributed by atoms with van der Waals surface area (Å²) in [5.74, 6) is 0. The molecule has 8 aliphatic heterocycles. The van der Waals surface area contributed by atoms with Gasteiger partial charge < -0.3 is 75.9 Å². The van der Waals surface area contributed by atoms with Gasteiger partial charge in [-0.15, -0.1) is 0 Å². The molecule has 0 saturated carbocycles. The maximum Gasteiger partial charge on any atom is 0.393 e. The lowest BCUT2D eigenvalue weighted by molar-refractivity contribution is -0.127. The smallest absolute Gasteiger partial charge is 0.371 e. The molecule has 0 bridgehead atoms. The molecule has 4 aromatic heterocycles. The Hall–Kier alpha value is -10.3. The summed E-state index contributed by atoms with van der Waals surface area (Å²) in [7, 11) is -10.7. The van der Waals surface area contributed by atoms with Crippen LogP contribution in [-0.2, 0) is 16.3 Å². The maximum absolute atomic E-state index is 13.3. The van der Waals surface area contributed by atoms with Crippen LogP contribution in [-0.4, -0.2) is 278 Å². The van der Waals surface area contributed by atoms with Crippen molar-refractivity contribution in [3.05, 3.63) is 242 Å². The molecule has 0 atom stereocenters. The molecule has 0 radical (unpaired) electrons. The largest absolute Gasteiger partial charge is 0.393 e. The molecule has 0 amide bonds. The second-order valence-electron chi connectivity index (χ2n) is 41.9. The summed E-state index contributed by atoms with van der Waals surface area (Å²) < 4.78 is 125. The number of piperidine rings is 6. The Morgan fingerprint density at radius 1 is 0.379 bits per heavy atom. The summed E-state index contributed by atoms with van der Waals surface area (Å²) in [4.78, 5) is 34.8. The highest BCUT2D eigenvalue weighted by Crippen LogP contribution is 3.02. The Bertz CT molecular complexity index is 6420. The molecule has 0 unspecified atom stereocenters. The van der Waals surface area contributed by atoms with Crippen molar-refractivity contribution in [1.29, 1.82) is 0 Å². The van der Waals surface area contributed by atoms with Crippen LogP contribution in [0.3, 0.4) is 0 Å². The number of nitrogens with one attached hydrogen (secondary N) is 9. The second kappa shape index (κ2) is 47.0. The number of H-pyrrole nitrogens is 4. The second-order valence-corrected chi connectivity index (χ2v) is 46.3. The summed E-state index contributed by atoms with van der Waals surface area (Å²) >= 11 is 0. The molecule has 0 aliphatic carbocycles. The molecule has 9 N–H and O–H groups in total. The molecule has 8 fully saturated rings. The van der Waals surface area contributed by atoms with E-state index in [2.05, 4.69) is 260 Å². The molecule has 145 heavy (non-hydrogen) atoms. The topological polar surface area (TPSA) is 187 Å². The fraction of sp³-hybridized carbons (Fsp3) is 0.461. The number of nitrogens with zero attached hydrogens (tertiary/aromatic N) is 9. The first-order valence-corrected chi connectivity index (χ1v) is 56.6. The van der Waals surface area contributed by atoms with Gasteiger partial charge in [0.25, 0.3) is 0 Å². The summed E-state index contributed by atoms with van der Waals surface area (Å²) in [6.45, 7) is 38.2. The van der Waals surface area contributed by atoms with Crippen LogP contribution in [0.25, 0.3) is 88.6 Å². The van der Waals surface area contributed by atoms with E-state index < -0.39 is 37.6 Å². The van der Waals surface area contributed by atoms with Crippen molar-refractivity contribution < 1.29 is 41.0 Å². The van der Waals surface area contributed by atoms with Crippen molar-refractivity contribution in [2.75, 3.05) is 190 Å². The molecular formula is C115H150F8N18O2S2. The van der Waals surface area contributed by atoms with Crippen LogP contribution in [0.1, 0.15) is 116 Å². The lowest BCUT2D eigenvalue weighted by atomic mass is 9.98. The highest BCUT2D eigenvalue weighted by Gasteiger charge is 2.65. The van der Waals surface area contributed by atoms with Crippen LogP contribution < -0.4 is 46.2 Å². The van der Waals surface area contributed by atoms with Gasteiger partial charge in [0.15, 0.2) is 9.84 Å². The minimum atomic E-state index is -9.73. The van der Waals surface area contributed by atoms with Crippen molar-refractivity contribution in [1.82, 2.24) is 71.0 Å². The number of halogens is 8. The molecule has 780 valence electrons. The van der Waals surface area contributed by atoms with E-state index in [9.17, 15) is 41.0 Å². The number of alkyl halides is 3. The maximum atomic E-state index is 13.3. The number of aryl methyl sites for hydroxylation is 1. The lowest BCUT2D eigenvalue weighted by Crippen LogP contribution is -2.51. The molecule has 12 heterocycles. The molecule has 13 aromatic rings. The van der Waals surface area contributed by atoms with Gasteiger partial charge in [0, 0.05) is 280 Å². The fourth-order valence-corrected chi connectivity index (χ4v) is 23.4. The van der Waals surface area contributed by atoms with Gasteiger partial charge in [-0.2, -0.15) is 13.2 Å². The van der Waals surface area contributed by atoms with E-state index in [1.165, 1.54) is 201 Å². The number of piperazine rings is 2. The van der Waals surface area contributed by atoms with E-state index in [1.807, 2.05) is 36.4 Å². The first kappa shape index (κ1) is 106. The zero-order valence-electron chi connectivity index (χ0n) is 85.4. The van der Waals surface area contributed by atoms with Gasteiger partial charge in [-0.1, -0.05) is 135 Å². The average Bonchev–Trinajstić information content (AvgIpc) is 1.69. The van der Waals surface area contributed by atoms with Gasteiger partial charge in [0.1, 0.15) is 4.90 Å². The average molecular weight is 2030 g/mol. The van der Waals surface area contributed by atoms with Crippen LogP contribution in [0.4, 0.5) is 55.3 Å². The molecular weight excluding hydrogens is 1880 g/mol. The number of sulfone groups is 1. The summed E-state index contributed by atoms with van der Waals surface area (Å²) in [6, 6.07) is 77.6. The quantitative estimate of drug-likeness (QED) is 0.0246. The highest BCUT2D eigenvalue weighted by atomic mass is 32.5. The van der Waals surface area contributed by atoms with Gasteiger partial charge >= 0.3 is 16.4 Å². The Balaban J connectivity index is 0.000000128. The predicted octanol–water partition coefficient (Wildman–Crippen LogP) is 22.6. The number of hydrogen-bond acceptors (Lipinski definition) is 16. The fourth-order valence-electron chi connectivity index (χ4n) is 22.1. The number of likely N-dealkylation sites (tertiary alicyclic amines) is 2. The molecule has 0 spiro atoms. The SMILES string of the molecule is CC(C)N1CCC(NC2CCN(c3cccc(-c4cc5cc(S(C)(=O)=O)ccc5[nH]4)c3)CC2)CC1.CC(C)N1CCN(CCNC2CCN(c3cccc(-c4cc5cc(S(F)(F)(F)(F)F)ccc5[nH]4)c3)CC2)CC1.Cc1c(-c2cccc(N3CCC(NC4CCN(C)CC4)CC3)c2)[nH]c2ccccc12.FC(F)(F)Cc1ccccc1.c1cc(-c2cc3ccccc3[nH]2)cc(N2CCC(NCCN3CCNCC3)CC2)c1. The third-order valence-corrected chi connectivity index (χ3v) is 33.1. The zero-order chi connectivity index (χ0) is 101. The number of para-hydroxylation sites is 2. The van der Waals surface area contributed by atoms with Crippen LogP contribution in [0, 0.1) is 6.92 Å². The molecule has 21 rings (SSSR count). The zero-order valence-corrected chi connectivity index (χ0v) is 87.0. The van der Waals surface area contributed by atoms with Crippen LogP contribution in [0.5, 0.6) is 0 Å². The summed E-state index contributed by atoms with van der Waals surface area (Å²) in [5.41, 5.74) is 18.9. The van der Waals surface area contributed by atoms with Crippen molar-refractivity contribution in [2.24, 2.45) is 0 Å². The Kier molecular flexibility index (Phi) is 34.4. The Morgan fingerprint density at radius 3 is 1.21 bits per heavy atom. The first-order valence-electron chi connectivity index (χ1n) is 52.8. The summed E-state index contributed by atoms with van der Waals surface area (Å²) in [6.07, 6.45) is 10.8. The van der Waals surface area contributed by atoms with Gasteiger partial charge in [0.2, 0.25) is 0 Å². The van der Waals surface area contributed by atoms with E-state index in [-0.39, 0.29) is 5.39 Å². The van der Waals surface area contributed by atoms with E-state index in [4.69, 9.17) is 0 Å². The first-order chi connectivity index (χ1) is 69.6. The van der Waals surface area contributed by atoms with Crippen molar-refractivity contribution in [3.63, 3.8) is 0 Å². The predicted molar refractivity (Wildman–Crippen MR) is 586 cm³/mol. The van der Waals surface area contributed by atoms with Gasteiger partial charge in [0.05, 0.1) is 11.3 Å². The molecule has 9 aromatic carbocycles. The minimum Gasteiger partial charge on any atom is -0.371 e. The number of hydrogen-bond donors (Lipinski definition) is 9. The number of aromatic amines is 4. The third-order valence-electron chi connectivity index (χ3n) is 30.8. The van der Waals surface area contributed by atoms with E-state index in [0.717, 1.165) is 164 Å². The standard InChI is InChI=1S/C28H38F5N5S.C28H38N4O2S.C26H34N4.C25H33N5.C8H7F3/c1-21(2)37-16-14-36(15-17-37)13-10-34-24-8-11-38(12-9-24)25-5-3-4-22(18-25)28-20-23-19-26(6-7-27(23)35-28)39(29,30,31,32)33;1-20(2)31-13-9-23(10-14-31)29-24-11-15-32(16-12-24)25-6-4-5-21(17-25)28-19-22-18-26(35(3,33)34)7-8-27(22)30-28;1-19-24-8-3-4-9-25(24)28-26(19)20-6-5-7-23(18-20)30-16-12-22(13-17-30)27-21-10-14-29(2)15-11-21;1-2-7-24-21(4-1)19-25(28-24)20-5-3-6-23(18-20)30-13-8-22(9-14-30)27-12-17-29-15-10-26-11-16-29;9-8(10,11)6-7-4-2-1-3-5-7/h3-7,18-21,24,34-35H,8-17H2,1-2H3;4-8,17-20,23-24,29-30H,9-16H2,1-3H3;3-9,18,21-22,27-28H,10-17H2,1-2H3;1-7,18-19,22,26-28H,8-17H2;1-5H,6H2. The van der Waals surface area contributed by atoms with Crippen molar-refractivity contribution in [2.45, 2.75) is 182 Å².